The lowest BCUT2D eigenvalue weighted by atomic mass is 10.2. The van der Waals surface area contributed by atoms with Crippen LogP contribution < -0.4 is 15.4 Å². The molecule has 0 bridgehead atoms. The van der Waals surface area contributed by atoms with Crippen LogP contribution in [0.5, 0.6) is 5.75 Å². The number of carbonyl (C=O) groups is 3. The van der Waals surface area contributed by atoms with Gasteiger partial charge in [-0.05, 0) is 61.5 Å². The van der Waals surface area contributed by atoms with E-state index in [2.05, 4.69) is 10.6 Å². The van der Waals surface area contributed by atoms with E-state index in [0.717, 1.165) is 18.2 Å². The first-order chi connectivity index (χ1) is 16.8. The minimum atomic E-state index is -0.902. The maximum Gasteiger partial charge on any atom is 0.340 e. The summed E-state index contributed by atoms with van der Waals surface area (Å²) >= 11 is 5.88. The quantitative estimate of drug-likeness (QED) is 0.248. The van der Waals surface area contributed by atoms with Gasteiger partial charge in [0.25, 0.3) is 17.5 Å². The molecule has 0 aliphatic rings. The van der Waals surface area contributed by atoms with Gasteiger partial charge in [0.15, 0.2) is 6.61 Å². The molecule has 0 aliphatic carbocycles. The lowest BCUT2D eigenvalue weighted by Gasteiger charge is -2.09. The van der Waals surface area contributed by atoms with Crippen LogP contribution in [0.2, 0.25) is 5.02 Å². The number of ether oxygens (including phenoxy) is 2. The van der Waals surface area contributed by atoms with E-state index < -0.39 is 23.4 Å². The fourth-order valence-electron chi connectivity index (χ4n) is 2.90. The highest BCUT2D eigenvalue weighted by Gasteiger charge is 2.17. The molecule has 0 aromatic heterocycles. The summed E-state index contributed by atoms with van der Waals surface area (Å²) in [6.07, 6.45) is 0. The van der Waals surface area contributed by atoms with Crippen LogP contribution in [-0.4, -0.2) is 35.9 Å². The van der Waals surface area contributed by atoms with E-state index in [1.165, 1.54) is 24.3 Å². The van der Waals surface area contributed by atoms with E-state index in [9.17, 15) is 24.5 Å². The number of nitro benzene ring substituents is 1. The van der Waals surface area contributed by atoms with Crippen molar-refractivity contribution in [2.24, 2.45) is 0 Å². The number of benzene rings is 3. The molecule has 3 aromatic rings. The summed E-state index contributed by atoms with van der Waals surface area (Å²) in [5.74, 6) is -1.16. The third kappa shape index (κ3) is 7.02. The molecule has 3 rings (SSSR count). The van der Waals surface area contributed by atoms with Gasteiger partial charge in [0, 0.05) is 29.1 Å². The molecule has 0 atom stereocenters. The predicted octanol–water partition coefficient (Wildman–Crippen LogP) is 4.69. The number of nitro groups is 1. The Bertz CT molecular complexity index is 1240. The Morgan fingerprint density at radius 2 is 1.57 bits per heavy atom. The molecule has 11 heteroatoms. The van der Waals surface area contributed by atoms with Crippen LogP contribution in [0.4, 0.5) is 17.1 Å². The minimum absolute atomic E-state index is 0.104. The molecule has 0 spiro atoms. The second kappa shape index (κ2) is 11.6. The number of anilines is 2. The lowest BCUT2D eigenvalue weighted by molar-refractivity contribution is -0.384. The summed E-state index contributed by atoms with van der Waals surface area (Å²) in [4.78, 5) is 46.7. The summed E-state index contributed by atoms with van der Waals surface area (Å²) < 4.78 is 10.3. The molecule has 0 fully saturated rings. The summed E-state index contributed by atoms with van der Waals surface area (Å²) in [5, 5.41) is 15.9. The predicted molar refractivity (Wildman–Crippen MR) is 129 cm³/mol. The largest absolute Gasteiger partial charge is 0.494 e. The van der Waals surface area contributed by atoms with Gasteiger partial charge < -0.3 is 20.1 Å². The topological polar surface area (TPSA) is 137 Å². The van der Waals surface area contributed by atoms with Crippen molar-refractivity contribution in [2.45, 2.75) is 6.92 Å². The average molecular weight is 498 g/mol. The number of rotatable bonds is 9. The Morgan fingerprint density at radius 1 is 0.943 bits per heavy atom. The van der Waals surface area contributed by atoms with Crippen molar-refractivity contribution in [3.63, 3.8) is 0 Å². The van der Waals surface area contributed by atoms with Crippen molar-refractivity contribution in [1.82, 2.24) is 0 Å². The SMILES string of the molecule is CCOc1ccc(NC(=O)c2ccc(NC(=O)COC(=O)c3ccc([N+](=O)[O-])cc3Cl)cc2)cc1. The Kier molecular flexibility index (Phi) is 8.36. The van der Waals surface area contributed by atoms with E-state index in [-0.39, 0.29) is 22.2 Å². The average Bonchev–Trinajstić information content (AvgIpc) is 2.84. The zero-order valence-corrected chi connectivity index (χ0v) is 19.2. The summed E-state index contributed by atoms with van der Waals surface area (Å²) in [6, 6.07) is 16.3. The van der Waals surface area contributed by atoms with Crippen LogP contribution in [-0.2, 0) is 9.53 Å². The van der Waals surface area contributed by atoms with Gasteiger partial charge >= 0.3 is 5.97 Å². The van der Waals surface area contributed by atoms with E-state index in [4.69, 9.17) is 21.1 Å². The van der Waals surface area contributed by atoms with Gasteiger partial charge in [-0.25, -0.2) is 4.79 Å². The molecule has 3 aromatic carbocycles. The van der Waals surface area contributed by atoms with Gasteiger partial charge in [-0.1, -0.05) is 11.6 Å². The summed E-state index contributed by atoms with van der Waals surface area (Å²) in [6.45, 7) is 1.82. The van der Waals surface area contributed by atoms with Crippen molar-refractivity contribution in [3.8, 4) is 5.75 Å². The molecule has 0 saturated heterocycles. The number of non-ortho nitro benzene ring substituents is 1. The second-order valence-corrected chi connectivity index (χ2v) is 7.44. The number of hydrogen-bond donors (Lipinski definition) is 2. The standard InChI is InChI=1S/C24H20ClN3O7/c1-2-34-19-10-7-17(8-11-19)27-23(30)15-3-5-16(6-4-15)26-22(29)14-35-24(31)20-12-9-18(28(32)33)13-21(20)25/h3-13H,2,14H2,1H3,(H,26,29)(H,27,30). The highest BCUT2D eigenvalue weighted by Crippen LogP contribution is 2.23. The number of carbonyl (C=O) groups excluding carboxylic acids is 3. The molecular weight excluding hydrogens is 478 g/mol. The molecule has 0 radical (unpaired) electrons. The van der Waals surface area contributed by atoms with Crippen LogP contribution in [0.1, 0.15) is 27.6 Å². The van der Waals surface area contributed by atoms with E-state index in [1.54, 1.807) is 24.3 Å². The number of hydrogen-bond acceptors (Lipinski definition) is 7. The third-order valence-corrected chi connectivity index (χ3v) is 4.88. The Morgan fingerprint density at radius 3 is 2.17 bits per heavy atom. The first-order valence-corrected chi connectivity index (χ1v) is 10.7. The summed E-state index contributed by atoms with van der Waals surface area (Å²) in [5.41, 5.74) is 0.979. The zero-order chi connectivity index (χ0) is 25.4. The number of nitrogens with one attached hydrogen (secondary N) is 2. The smallest absolute Gasteiger partial charge is 0.340 e. The molecule has 2 amide bonds. The molecule has 180 valence electrons. The van der Waals surface area contributed by atoms with Gasteiger partial charge in [-0.3, -0.25) is 19.7 Å². The van der Waals surface area contributed by atoms with Crippen molar-refractivity contribution in [3.05, 3.63) is 93.0 Å². The molecule has 0 unspecified atom stereocenters. The molecule has 0 heterocycles. The first kappa shape index (κ1) is 25.2. The van der Waals surface area contributed by atoms with Crippen molar-refractivity contribution >= 4 is 46.4 Å². The fraction of sp³-hybridized carbons (Fsp3) is 0.125. The van der Waals surface area contributed by atoms with Crippen LogP contribution in [0, 0.1) is 10.1 Å². The van der Waals surface area contributed by atoms with Crippen molar-refractivity contribution < 1.29 is 28.8 Å². The van der Waals surface area contributed by atoms with E-state index in [0.29, 0.717) is 29.3 Å². The number of esters is 1. The Hall–Kier alpha value is -4.44. The first-order valence-electron chi connectivity index (χ1n) is 10.3. The van der Waals surface area contributed by atoms with E-state index >= 15 is 0 Å². The zero-order valence-electron chi connectivity index (χ0n) is 18.4. The number of amides is 2. The highest BCUT2D eigenvalue weighted by molar-refractivity contribution is 6.33. The van der Waals surface area contributed by atoms with E-state index in [1.807, 2.05) is 6.92 Å². The fourth-order valence-corrected chi connectivity index (χ4v) is 3.15. The molecule has 35 heavy (non-hydrogen) atoms. The van der Waals surface area contributed by atoms with Crippen LogP contribution in [0.3, 0.4) is 0 Å². The third-order valence-electron chi connectivity index (χ3n) is 4.57. The number of halogens is 1. The monoisotopic (exact) mass is 497 g/mol. The molecule has 10 nitrogen and oxygen atoms in total. The maximum absolute atomic E-state index is 12.4. The van der Waals surface area contributed by atoms with Gasteiger partial charge in [0.05, 0.1) is 22.1 Å². The normalized spacial score (nSPS) is 10.2. The van der Waals surface area contributed by atoms with Crippen LogP contribution in [0.25, 0.3) is 0 Å². The van der Waals surface area contributed by atoms with Crippen molar-refractivity contribution in [1.29, 1.82) is 0 Å². The minimum Gasteiger partial charge on any atom is -0.494 e. The summed E-state index contributed by atoms with van der Waals surface area (Å²) in [7, 11) is 0. The second-order valence-electron chi connectivity index (χ2n) is 7.03. The van der Waals surface area contributed by atoms with Gasteiger partial charge in [-0.15, -0.1) is 0 Å². The number of nitrogens with zero attached hydrogens (tertiary/aromatic N) is 1. The van der Waals surface area contributed by atoms with Crippen LogP contribution >= 0.6 is 11.6 Å². The van der Waals surface area contributed by atoms with Gasteiger partial charge in [0.1, 0.15) is 5.75 Å². The Labute approximate surface area is 205 Å². The molecule has 0 aliphatic heterocycles. The Balaban J connectivity index is 1.50. The highest BCUT2D eigenvalue weighted by atomic mass is 35.5. The maximum atomic E-state index is 12.4. The van der Waals surface area contributed by atoms with Gasteiger partial charge in [-0.2, -0.15) is 0 Å². The molecule has 2 N–H and O–H groups in total. The van der Waals surface area contributed by atoms with Crippen molar-refractivity contribution in [2.75, 3.05) is 23.8 Å². The van der Waals surface area contributed by atoms with Crippen LogP contribution in [0.15, 0.2) is 66.7 Å². The lowest BCUT2D eigenvalue weighted by Crippen LogP contribution is -2.21. The molecule has 0 saturated carbocycles. The molecular formula is C24H20ClN3O7. The van der Waals surface area contributed by atoms with Gasteiger partial charge in [0.2, 0.25) is 0 Å².